The Bertz CT molecular complexity index is 324. The van der Waals surface area contributed by atoms with Crippen LogP contribution in [0.5, 0.6) is 0 Å². The van der Waals surface area contributed by atoms with E-state index < -0.39 is 0 Å². The number of hydrogen-bond donors (Lipinski definition) is 0. The van der Waals surface area contributed by atoms with Gasteiger partial charge in [-0.05, 0) is 74.5 Å². The fourth-order valence-electron chi connectivity index (χ4n) is 5.86. The van der Waals surface area contributed by atoms with E-state index >= 15 is 0 Å². The molecule has 6 unspecified atom stereocenters. The molecule has 114 valence electrons. The number of rotatable bonds is 4. The van der Waals surface area contributed by atoms with Gasteiger partial charge in [-0.3, -0.25) is 0 Å². The van der Waals surface area contributed by atoms with Crippen molar-refractivity contribution in [3.05, 3.63) is 0 Å². The molecule has 0 aliphatic heterocycles. The van der Waals surface area contributed by atoms with Crippen molar-refractivity contribution in [3.8, 4) is 0 Å². The predicted molar refractivity (Wildman–Crippen MR) is 79.3 cm³/mol. The van der Waals surface area contributed by atoms with Gasteiger partial charge in [0.2, 0.25) is 0 Å². The summed E-state index contributed by atoms with van der Waals surface area (Å²) >= 11 is 0. The van der Waals surface area contributed by atoms with Crippen LogP contribution >= 0.6 is 0 Å². The largest absolute Gasteiger partial charge is 0.352 e. The average molecular weight is 278 g/mol. The molecule has 0 aromatic heterocycles. The van der Waals surface area contributed by atoms with E-state index in [1.54, 1.807) is 0 Å². The smallest absolute Gasteiger partial charge is 0.147 e. The van der Waals surface area contributed by atoms with Gasteiger partial charge >= 0.3 is 0 Å². The highest BCUT2D eigenvalue weighted by Crippen LogP contribution is 2.59. The van der Waals surface area contributed by atoms with Gasteiger partial charge in [-0.2, -0.15) is 0 Å². The lowest BCUT2D eigenvalue weighted by Crippen LogP contribution is -2.27. The van der Waals surface area contributed by atoms with Crippen molar-refractivity contribution in [3.63, 3.8) is 0 Å². The highest BCUT2D eigenvalue weighted by molar-refractivity contribution is 5.01. The first-order chi connectivity index (χ1) is 9.81. The van der Waals surface area contributed by atoms with Crippen molar-refractivity contribution in [1.29, 1.82) is 0 Å². The quantitative estimate of drug-likeness (QED) is 0.710. The van der Waals surface area contributed by atoms with Gasteiger partial charge in [0.25, 0.3) is 0 Å². The highest BCUT2D eigenvalue weighted by Gasteiger charge is 2.52. The van der Waals surface area contributed by atoms with Crippen LogP contribution in [0, 0.1) is 29.6 Å². The Morgan fingerprint density at radius 1 is 0.800 bits per heavy atom. The second kappa shape index (κ2) is 5.61. The molecule has 4 saturated carbocycles. The zero-order chi connectivity index (χ0) is 13.5. The first-order valence-corrected chi connectivity index (χ1v) is 9.04. The van der Waals surface area contributed by atoms with Crippen molar-refractivity contribution in [1.82, 2.24) is 0 Å². The highest BCUT2D eigenvalue weighted by atomic mass is 16.7. The van der Waals surface area contributed by atoms with Crippen LogP contribution in [-0.4, -0.2) is 19.0 Å². The Kier molecular flexibility index (Phi) is 3.80. The molecule has 4 aliphatic rings. The van der Waals surface area contributed by atoms with Gasteiger partial charge in [0.1, 0.15) is 6.79 Å². The first kappa shape index (κ1) is 13.6. The summed E-state index contributed by atoms with van der Waals surface area (Å²) in [6, 6.07) is 0. The third-order valence-corrected chi connectivity index (χ3v) is 6.96. The molecular formula is C18H30O2. The molecule has 0 N–H and O–H groups in total. The normalized spacial score (nSPS) is 50.5. The Morgan fingerprint density at radius 3 is 2.20 bits per heavy atom. The maximum absolute atomic E-state index is 6.09. The van der Waals surface area contributed by atoms with Gasteiger partial charge in [0, 0.05) is 0 Å². The SMILES string of the molecule is CC1CCCCC1OCOC1CC2C3CCC(C3)C2C1. The van der Waals surface area contributed by atoms with Crippen LogP contribution in [0.2, 0.25) is 0 Å². The zero-order valence-corrected chi connectivity index (χ0v) is 12.9. The molecule has 4 rings (SSSR count). The summed E-state index contributed by atoms with van der Waals surface area (Å²) in [5.41, 5.74) is 0. The minimum atomic E-state index is 0.459. The molecule has 2 heteroatoms. The summed E-state index contributed by atoms with van der Waals surface area (Å²) in [5.74, 6) is 4.85. The van der Waals surface area contributed by atoms with Crippen molar-refractivity contribution >= 4 is 0 Å². The van der Waals surface area contributed by atoms with E-state index in [2.05, 4.69) is 6.92 Å². The van der Waals surface area contributed by atoms with Crippen LogP contribution in [0.3, 0.4) is 0 Å². The van der Waals surface area contributed by atoms with E-state index in [-0.39, 0.29) is 0 Å². The topological polar surface area (TPSA) is 18.5 Å². The average Bonchev–Trinajstić information content (AvgIpc) is 3.12. The summed E-state index contributed by atoms with van der Waals surface area (Å²) in [6.07, 6.45) is 13.5. The number of fused-ring (bicyclic) bond motifs is 5. The third-order valence-electron chi connectivity index (χ3n) is 6.96. The van der Waals surface area contributed by atoms with Crippen LogP contribution in [0.15, 0.2) is 0 Å². The second-order valence-electron chi connectivity index (χ2n) is 8.01. The number of ether oxygens (including phenoxy) is 2. The third kappa shape index (κ3) is 2.43. The summed E-state index contributed by atoms with van der Waals surface area (Å²) < 4.78 is 12.1. The van der Waals surface area contributed by atoms with Gasteiger partial charge in [0.05, 0.1) is 12.2 Å². The molecule has 0 spiro atoms. The Morgan fingerprint density at radius 2 is 1.50 bits per heavy atom. The summed E-state index contributed by atoms with van der Waals surface area (Å²) in [5, 5.41) is 0. The van der Waals surface area contributed by atoms with Crippen LogP contribution in [0.25, 0.3) is 0 Å². The lowest BCUT2D eigenvalue weighted by Gasteiger charge is -2.29. The summed E-state index contributed by atoms with van der Waals surface area (Å²) in [7, 11) is 0. The maximum atomic E-state index is 6.09. The van der Waals surface area contributed by atoms with Crippen molar-refractivity contribution in [2.24, 2.45) is 29.6 Å². The summed E-state index contributed by atoms with van der Waals surface area (Å²) in [4.78, 5) is 0. The van der Waals surface area contributed by atoms with E-state index in [4.69, 9.17) is 9.47 Å². The van der Waals surface area contributed by atoms with E-state index in [0.29, 0.717) is 19.0 Å². The van der Waals surface area contributed by atoms with Crippen molar-refractivity contribution in [2.75, 3.05) is 6.79 Å². The molecule has 0 aromatic carbocycles. The molecule has 20 heavy (non-hydrogen) atoms. The molecule has 0 amide bonds. The van der Waals surface area contributed by atoms with Crippen LogP contribution in [-0.2, 0) is 9.47 Å². The Labute approximate surface area is 123 Å². The van der Waals surface area contributed by atoms with E-state index in [9.17, 15) is 0 Å². The Balaban J connectivity index is 1.21. The number of hydrogen-bond acceptors (Lipinski definition) is 2. The predicted octanol–water partition coefficient (Wildman–Crippen LogP) is 4.38. The van der Waals surface area contributed by atoms with Crippen molar-refractivity contribution < 1.29 is 9.47 Å². The fourth-order valence-corrected chi connectivity index (χ4v) is 5.86. The van der Waals surface area contributed by atoms with E-state index in [1.807, 2.05) is 0 Å². The van der Waals surface area contributed by atoms with Gasteiger partial charge in [-0.25, -0.2) is 0 Å². The summed E-state index contributed by atoms with van der Waals surface area (Å²) in [6.45, 7) is 2.88. The molecule has 0 radical (unpaired) electrons. The van der Waals surface area contributed by atoms with Crippen molar-refractivity contribution in [2.45, 2.75) is 76.9 Å². The molecule has 4 fully saturated rings. The van der Waals surface area contributed by atoms with Gasteiger partial charge in [-0.1, -0.05) is 19.8 Å². The van der Waals surface area contributed by atoms with E-state index in [0.717, 1.165) is 29.6 Å². The monoisotopic (exact) mass is 278 g/mol. The minimum Gasteiger partial charge on any atom is -0.352 e. The molecular weight excluding hydrogens is 248 g/mol. The second-order valence-corrected chi connectivity index (χ2v) is 8.01. The molecule has 2 nitrogen and oxygen atoms in total. The molecule has 0 saturated heterocycles. The van der Waals surface area contributed by atoms with Gasteiger partial charge < -0.3 is 9.47 Å². The fraction of sp³-hybridized carbons (Fsp3) is 1.00. The molecule has 0 aromatic rings. The first-order valence-electron chi connectivity index (χ1n) is 9.04. The van der Waals surface area contributed by atoms with E-state index in [1.165, 1.54) is 57.8 Å². The van der Waals surface area contributed by atoms with Crippen LogP contribution < -0.4 is 0 Å². The lowest BCUT2D eigenvalue weighted by atomic mass is 9.82. The van der Waals surface area contributed by atoms with Crippen LogP contribution in [0.4, 0.5) is 0 Å². The van der Waals surface area contributed by atoms with Crippen LogP contribution in [0.1, 0.15) is 64.7 Å². The molecule has 0 heterocycles. The molecule has 6 atom stereocenters. The standard InChI is InChI=1S/C18H30O2/c1-12-4-2-3-5-18(12)20-11-19-15-9-16-13-6-7-14(8-13)17(16)10-15/h12-18H,2-11H2,1H3. The lowest BCUT2D eigenvalue weighted by molar-refractivity contribution is -0.136. The zero-order valence-electron chi connectivity index (χ0n) is 12.9. The van der Waals surface area contributed by atoms with Gasteiger partial charge in [-0.15, -0.1) is 0 Å². The molecule has 4 aliphatic carbocycles. The van der Waals surface area contributed by atoms with Gasteiger partial charge in [0.15, 0.2) is 0 Å². The maximum Gasteiger partial charge on any atom is 0.147 e. The minimum absolute atomic E-state index is 0.459. The Hall–Kier alpha value is -0.0800. The molecule has 2 bridgehead atoms.